The maximum absolute atomic E-state index is 13.0. The molecule has 0 amide bonds. The van der Waals surface area contributed by atoms with Crippen LogP contribution in [0, 0.1) is 11.6 Å². The van der Waals surface area contributed by atoms with E-state index in [1.54, 1.807) is 25.3 Å². The summed E-state index contributed by atoms with van der Waals surface area (Å²) in [5.74, 6) is -0.779. The third-order valence-electron chi connectivity index (χ3n) is 2.86. The highest BCUT2D eigenvalue weighted by atomic mass is 19.1. The van der Waals surface area contributed by atoms with Gasteiger partial charge in [0.05, 0.1) is 7.11 Å². The molecule has 0 bridgehead atoms. The molecule has 2 rings (SSSR count). The first-order valence-corrected chi connectivity index (χ1v) is 6.16. The maximum Gasteiger partial charge on any atom is 0.141 e. The zero-order valence-electron chi connectivity index (χ0n) is 11.0. The number of carbonyl (C=O) groups is 1. The zero-order valence-corrected chi connectivity index (χ0v) is 11.0. The van der Waals surface area contributed by atoms with Crippen LogP contribution >= 0.6 is 0 Å². The summed E-state index contributed by atoms with van der Waals surface area (Å²) in [5, 5.41) is 0. The summed E-state index contributed by atoms with van der Waals surface area (Å²) in [4.78, 5) is 11.9. The van der Waals surface area contributed by atoms with Crippen molar-refractivity contribution in [3.05, 3.63) is 65.2 Å². The van der Waals surface area contributed by atoms with Crippen LogP contribution in [-0.4, -0.2) is 12.9 Å². The van der Waals surface area contributed by atoms with Crippen LogP contribution < -0.4 is 4.74 Å². The van der Waals surface area contributed by atoms with E-state index in [0.29, 0.717) is 11.3 Å². The Morgan fingerprint density at radius 3 is 2.30 bits per heavy atom. The van der Waals surface area contributed by atoms with Crippen molar-refractivity contribution in [1.29, 1.82) is 0 Å². The van der Waals surface area contributed by atoms with Crippen LogP contribution in [0.15, 0.2) is 42.5 Å². The van der Waals surface area contributed by atoms with Crippen molar-refractivity contribution in [2.45, 2.75) is 12.8 Å². The lowest BCUT2D eigenvalue weighted by Crippen LogP contribution is -2.07. The molecule has 0 atom stereocenters. The maximum atomic E-state index is 13.0. The first-order valence-electron chi connectivity index (χ1n) is 6.16. The highest BCUT2D eigenvalue weighted by Crippen LogP contribution is 2.15. The third-order valence-corrected chi connectivity index (χ3v) is 2.86. The third kappa shape index (κ3) is 3.88. The van der Waals surface area contributed by atoms with Crippen LogP contribution in [0.4, 0.5) is 8.78 Å². The summed E-state index contributed by atoms with van der Waals surface area (Å²) < 4.78 is 31.1. The van der Waals surface area contributed by atoms with Gasteiger partial charge in [-0.1, -0.05) is 12.1 Å². The van der Waals surface area contributed by atoms with Crippen molar-refractivity contribution >= 4 is 5.78 Å². The predicted molar refractivity (Wildman–Crippen MR) is 71.8 cm³/mol. The van der Waals surface area contributed by atoms with E-state index in [0.717, 1.165) is 11.6 Å². The Balaban J connectivity index is 2.04. The van der Waals surface area contributed by atoms with E-state index >= 15 is 0 Å². The van der Waals surface area contributed by atoms with Crippen LogP contribution in [0.2, 0.25) is 0 Å². The molecule has 0 aliphatic heterocycles. The Bertz CT molecular complexity index is 603. The van der Waals surface area contributed by atoms with Gasteiger partial charge < -0.3 is 4.74 Å². The van der Waals surface area contributed by atoms with Gasteiger partial charge in [-0.3, -0.25) is 4.79 Å². The van der Waals surface area contributed by atoms with Crippen molar-refractivity contribution in [2.24, 2.45) is 0 Å². The molecule has 4 heteroatoms. The van der Waals surface area contributed by atoms with Gasteiger partial charge in [0.1, 0.15) is 23.2 Å². The highest BCUT2D eigenvalue weighted by Gasteiger charge is 2.08. The number of halogens is 2. The Hall–Kier alpha value is -2.23. The molecule has 0 radical (unpaired) electrons. The van der Waals surface area contributed by atoms with Gasteiger partial charge in [-0.05, 0) is 35.4 Å². The molecule has 0 aliphatic rings. The second-order valence-corrected chi connectivity index (χ2v) is 4.52. The van der Waals surface area contributed by atoms with Gasteiger partial charge in [0.25, 0.3) is 0 Å². The van der Waals surface area contributed by atoms with E-state index in [1.807, 2.05) is 6.07 Å². The largest absolute Gasteiger partial charge is 0.497 e. The van der Waals surface area contributed by atoms with Gasteiger partial charge in [0.15, 0.2) is 0 Å². The summed E-state index contributed by atoms with van der Waals surface area (Å²) in [7, 11) is 1.55. The minimum atomic E-state index is -0.672. The predicted octanol–water partition coefficient (Wildman–Crippen LogP) is 3.33. The highest BCUT2D eigenvalue weighted by molar-refractivity contribution is 5.83. The monoisotopic (exact) mass is 276 g/mol. The summed E-state index contributed by atoms with van der Waals surface area (Å²) in [6.45, 7) is 0. The fraction of sp³-hybridized carbons (Fsp3) is 0.188. The summed E-state index contributed by atoms with van der Waals surface area (Å²) in [6, 6.07) is 10.3. The number of benzene rings is 2. The first-order chi connectivity index (χ1) is 9.56. The molecular weight excluding hydrogens is 262 g/mol. The van der Waals surface area contributed by atoms with Gasteiger partial charge in [-0.25, -0.2) is 8.78 Å². The lowest BCUT2D eigenvalue weighted by atomic mass is 10.0. The molecule has 104 valence electrons. The van der Waals surface area contributed by atoms with Crippen molar-refractivity contribution in [3.8, 4) is 5.75 Å². The van der Waals surface area contributed by atoms with E-state index in [9.17, 15) is 13.6 Å². The van der Waals surface area contributed by atoms with Gasteiger partial charge >= 0.3 is 0 Å². The normalized spacial score (nSPS) is 10.3. The van der Waals surface area contributed by atoms with E-state index in [4.69, 9.17) is 4.74 Å². The fourth-order valence-electron chi connectivity index (χ4n) is 2.01. The Morgan fingerprint density at radius 1 is 1.00 bits per heavy atom. The molecule has 20 heavy (non-hydrogen) atoms. The number of hydrogen-bond acceptors (Lipinski definition) is 2. The zero-order chi connectivity index (χ0) is 14.5. The molecule has 0 unspecified atom stereocenters. The van der Waals surface area contributed by atoms with Crippen LogP contribution in [0.25, 0.3) is 0 Å². The lowest BCUT2D eigenvalue weighted by molar-refractivity contribution is -0.117. The standard InChI is InChI=1S/C16H14F2O2/c1-20-16-4-2-3-11(9-16)7-15(19)8-12-5-13(17)10-14(18)6-12/h2-6,9-10H,7-8H2,1H3. The average Bonchev–Trinajstić information content (AvgIpc) is 2.37. The molecule has 0 fully saturated rings. The second kappa shape index (κ2) is 6.28. The molecule has 0 N–H and O–H groups in total. The van der Waals surface area contributed by atoms with Crippen molar-refractivity contribution < 1.29 is 18.3 Å². The van der Waals surface area contributed by atoms with Crippen LogP contribution in [0.5, 0.6) is 5.75 Å². The molecule has 2 nitrogen and oxygen atoms in total. The number of ketones is 1. The molecule has 0 aromatic heterocycles. The van der Waals surface area contributed by atoms with E-state index in [-0.39, 0.29) is 18.6 Å². The quantitative estimate of drug-likeness (QED) is 0.837. The summed E-state index contributed by atoms with van der Waals surface area (Å²) in [5.41, 5.74) is 1.15. The Kier molecular flexibility index (Phi) is 4.45. The minimum absolute atomic E-state index is 0.00584. The van der Waals surface area contributed by atoms with Crippen LogP contribution in [-0.2, 0) is 17.6 Å². The SMILES string of the molecule is COc1cccc(CC(=O)Cc2cc(F)cc(F)c2)c1. The fourth-order valence-corrected chi connectivity index (χ4v) is 2.01. The Morgan fingerprint density at radius 2 is 1.65 bits per heavy atom. The van der Waals surface area contributed by atoms with Gasteiger partial charge in [-0.2, -0.15) is 0 Å². The number of methoxy groups -OCH3 is 1. The van der Waals surface area contributed by atoms with E-state index in [2.05, 4.69) is 0 Å². The van der Waals surface area contributed by atoms with Crippen molar-refractivity contribution in [2.75, 3.05) is 7.11 Å². The van der Waals surface area contributed by atoms with Gasteiger partial charge in [-0.15, -0.1) is 0 Å². The smallest absolute Gasteiger partial charge is 0.141 e. The Labute approximate surface area is 116 Å². The second-order valence-electron chi connectivity index (χ2n) is 4.52. The molecular formula is C16H14F2O2. The van der Waals surface area contributed by atoms with Crippen LogP contribution in [0.1, 0.15) is 11.1 Å². The number of ether oxygens (including phenoxy) is 1. The molecule has 2 aromatic rings. The van der Waals surface area contributed by atoms with E-state index < -0.39 is 11.6 Å². The van der Waals surface area contributed by atoms with Crippen LogP contribution in [0.3, 0.4) is 0 Å². The average molecular weight is 276 g/mol. The number of carbonyl (C=O) groups excluding carboxylic acids is 1. The lowest BCUT2D eigenvalue weighted by Gasteiger charge is -2.05. The van der Waals surface area contributed by atoms with Gasteiger partial charge in [0.2, 0.25) is 0 Å². The molecule has 0 heterocycles. The molecule has 0 saturated heterocycles. The first kappa shape index (κ1) is 14.2. The molecule has 0 spiro atoms. The number of Topliss-reactive ketones (excluding diaryl/α,β-unsaturated/α-hetero) is 1. The van der Waals surface area contributed by atoms with Crippen molar-refractivity contribution in [1.82, 2.24) is 0 Å². The number of rotatable bonds is 5. The molecule has 0 aliphatic carbocycles. The number of hydrogen-bond donors (Lipinski definition) is 0. The summed E-state index contributed by atoms with van der Waals surface area (Å²) in [6.07, 6.45) is 0.210. The molecule has 0 saturated carbocycles. The minimum Gasteiger partial charge on any atom is -0.497 e. The topological polar surface area (TPSA) is 26.3 Å². The summed E-state index contributed by atoms with van der Waals surface area (Å²) >= 11 is 0. The van der Waals surface area contributed by atoms with Crippen molar-refractivity contribution in [3.63, 3.8) is 0 Å². The molecule has 2 aromatic carbocycles. The van der Waals surface area contributed by atoms with E-state index in [1.165, 1.54) is 12.1 Å². The van der Waals surface area contributed by atoms with Gasteiger partial charge in [0, 0.05) is 18.9 Å².